The zero-order chi connectivity index (χ0) is 12.8. The van der Waals surface area contributed by atoms with E-state index in [1.54, 1.807) is 0 Å². The zero-order valence-corrected chi connectivity index (χ0v) is 10.2. The first kappa shape index (κ1) is 12.6. The normalized spacial score (nSPS) is 17.8. The topological polar surface area (TPSA) is 52.6 Å². The maximum atomic E-state index is 11.5. The van der Waals surface area contributed by atoms with Gasteiger partial charge in [-0.25, -0.2) is 0 Å². The summed E-state index contributed by atoms with van der Waals surface area (Å²) in [5.74, 6) is -0.419. The van der Waals surface area contributed by atoms with Gasteiger partial charge in [0, 0.05) is 12.8 Å². The smallest absolute Gasteiger partial charge is 0.306 e. The lowest BCUT2D eigenvalue weighted by Crippen LogP contribution is -2.10. The predicted octanol–water partition coefficient (Wildman–Crippen LogP) is 2.35. The molecule has 1 heterocycles. The zero-order valence-electron chi connectivity index (χ0n) is 10.2. The first-order valence-corrected chi connectivity index (χ1v) is 6.14. The number of hydrogen-bond donors (Lipinski definition) is 0. The lowest BCUT2D eigenvalue weighted by Gasteiger charge is -2.12. The monoisotopic (exact) mass is 248 g/mol. The molecular formula is C14H16O4. The highest BCUT2D eigenvalue weighted by molar-refractivity contribution is 5.70. The van der Waals surface area contributed by atoms with Crippen LogP contribution in [0.15, 0.2) is 24.3 Å². The number of benzene rings is 1. The lowest BCUT2D eigenvalue weighted by atomic mass is 10.1. The minimum absolute atomic E-state index is 0.209. The Bertz CT molecular complexity index is 398. The van der Waals surface area contributed by atoms with E-state index in [1.165, 1.54) is 0 Å². The van der Waals surface area contributed by atoms with Crippen LogP contribution in [-0.4, -0.2) is 11.9 Å². The number of hydrogen-bond acceptors (Lipinski definition) is 4. The molecule has 18 heavy (non-hydrogen) atoms. The van der Waals surface area contributed by atoms with E-state index in [0.29, 0.717) is 25.7 Å². The SMILES string of the molecule is O=C1CCCCC(=O)OCc2ccccc2CO1. The Labute approximate surface area is 106 Å². The standard InChI is InChI=1S/C14H16O4/c15-13-7-3-4-8-14(16)18-10-12-6-2-1-5-11(12)9-17-13/h1-2,5-6H,3-4,7-10H2. The van der Waals surface area contributed by atoms with Crippen LogP contribution in [0.4, 0.5) is 0 Å². The molecule has 0 N–H and O–H groups in total. The van der Waals surface area contributed by atoms with Gasteiger partial charge in [-0.1, -0.05) is 24.3 Å². The Morgan fingerprint density at radius 3 is 1.67 bits per heavy atom. The van der Waals surface area contributed by atoms with Gasteiger partial charge in [0.15, 0.2) is 0 Å². The number of esters is 2. The first-order chi connectivity index (χ1) is 8.75. The summed E-state index contributed by atoms with van der Waals surface area (Å²) in [4.78, 5) is 22.9. The molecule has 0 bridgehead atoms. The second-order valence-electron chi connectivity index (χ2n) is 4.30. The van der Waals surface area contributed by atoms with Crippen LogP contribution in [0.1, 0.15) is 36.8 Å². The second-order valence-corrected chi connectivity index (χ2v) is 4.30. The van der Waals surface area contributed by atoms with Crippen LogP contribution >= 0.6 is 0 Å². The van der Waals surface area contributed by atoms with Crippen molar-refractivity contribution in [2.75, 3.05) is 0 Å². The molecule has 1 aromatic rings. The fraction of sp³-hybridized carbons (Fsp3) is 0.429. The maximum Gasteiger partial charge on any atom is 0.306 e. The molecular weight excluding hydrogens is 232 g/mol. The summed E-state index contributed by atoms with van der Waals surface area (Å²) in [5.41, 5.74) is 1.78. The van der Waals surface area contributed by atoms with Crippen molar-refractivity contribution in [3.63, 3.8) is 0 Å². The van der Waals surface area contributed by atoms with Gasteiger partial charge in [0.1, 0.15) is 13.2 Å². The molecule has 4 heteroatoms. The van der Waals surface area contributed by atoms with Gasteiger partial charge in [-0.05, 0) is 24.0 Å². The number of carbonyl (C=O) groups excluding carboxylic acids is 2. The van der Waals surface area contributed by atoms with Crippen molar-refractivity contribution in [2.24, 2.45) is 0 Å². The Hall–Kier alpha value is -1.84. The van der Waals surface area contributed by atoms with Gasteiger partial charge in [0.2, 0.25) is 0 Å². The summed E-state index contributed by atoms with van der Waals surface area (Å²) < 4.78 is 10.4. The molecule has 1 aliphatic heterocycles. The summed E-state index contributed by atoms with van der Waals surface area (Å²) in [6.45, 7) is 0.485. The number of ether oxygens (including phenoxy) is 2. The van der Waals surface area contributed by atoms with E-state index < -0.39 is 0 Å². The molecule has 1 aromatic carbocycles. The second kappa shape index (κ2) is 6.19. The predicted molar refractivity (Wildman–Crippen MR) is 64.5 cm³/mol. The van der Waals surface area contributed by atoms with Crippen molar-refractivity contribution < 1.29 is 19.1 Å². The number of carbonyl (C=O) groups is 2. The molecule has 0 radical (unpaired) electrons. The fourth-order valence-corrected chi connectivity index (χ4v) is 1.84. The van der Waals surface area contributed by atoms with E-state index in [4.69, 9.17) is 9.47 Å². The van der Waals surface area contributed by atoms with Crippen LogP contribution in [0.25, 0.3) is 0 Å². The van der Waals surface area contributed by atoms with Crippen molar-refractivity contribution in [1.29, 1.82) is 0 Å². The highest BCUT2D eigenvalue weighted by atomic mass is 16.5. The molecule has 0 saturated heterocycles. The van der Waals surface area contributed by atoms with E-state index in [1.807, 2.05) is 24.3 Å². The van der Waals surface area contributed by atoms with Crippen molar-refractivity contribution in [3.8, 4) is 0 Å². The quantitative estimate of drug-likeness (QED) is 0.661. The molecule has 0 unspecified atom stereocenters. The van der Waals surface area contributed by atoms with Crippen LogP contribution in [0.2, 0.25) is 0 Å². The molecule has 0 aliphatic carbocycles. The first-order valence-electron chi connectivity index (χ1n) is 6.14. The van der Waals surface area contributed by atoms with Gasteiger partial charge in [0.25, 0.3) is 0 Å². The fourth-order valence-electron chi connectivity index (χ4n) is 1.84. The molecule has 4 nitrogen and oxygen atoms in total. The average molecular weight is 248 g/mol. The van der Waals surface area contributed by atoms with Crippen molar-refractivity contribution in [1.82, 2.24) is 0 Å². The summed E-state index contributed by atoms with van der Waals surface area (Å²) >= 11 is 0. The highest BCUT2D eigenvalue weighted by Gasteiger charge is 2.11. The van der Waals surface area contributed by atoms with Crippen LogP contribution in [0.5, 0.6) is 0 Å². The van der Waals surface area contributed by atoms with Gasteiger partial charge in [-0.3, -0.25) is 9.59 Å². The van der Waals surface area contributed by atoms with Crippen molar-refractivity contribution in [3.05, 3.63) is 35.4 Å². The average Bonchev–Trinajstić information content (AvgIpc) is 2.38. The van der Waals surface area contributed by atoms with Gasteiger partial charge in [-0.2, -0.15) is 0 Å². The number of rotatable bonds is 0. The minimum Gasteiger partial charge on any atom is -0.461 e. The van der Waals surface area contributed by atoms with Gasteiger partial charge in [-0.15, -0.1) is 0 Å². The van der Waals surface area contributed by atoms with Crippen molar-refractivity contribution >= 4 is 11.9 Å². The Kier molecular flexibility index (Phi) is 4.34. The van der Waals surface area contributed by atoms with E-state index in [0.717, 1.165) is 11.1 Å². The maximum absolute atomic E-state index is 11.5. The number of fused-ring (bicyclic) bond motifs is 1. The molecule has 0 saturated carbocycles. The molecule has 2 rings (SSSR count). The van der Waals surface area contributed by atoms with Crippen LogP contribution in [0.3, 0.4) is 0 Å². The van der Waals surface area contributed by atoms with Crippen LogP contribution in [0, 0.1) is 0 Å². The Morgan fingerprint density at radius 2 is 1.22 bits per heavy atom. The summed E-state index contributed by atoms with van der Waals surface area (Å²) in [6.07, 6.45) is 2.04. The lowest BCUT2D eigenvalue weighted by molar-refractivity contribution is -0.148. The van der Waals surface area contributed by atoms with Crippen LogP contribution < -0.4 is 0 Å². The highest BCUT2D eigenvalue weighted by Crippen LogP contribution is 2.14. The molecule has 96 valence electrons. The van der Waals surface area contributed by atoms with Gasteiger partial charge in [0.05, 0.1) is 0 Å². The Morgan fingerprint density at radius 1 is 0.778 bits per heavy atom. The van der Waals surface area contributed by atoms with Crippen LogP contribution in [-0.2, 0) is 32.3 Å². The third kappa shape index (κ3) is 3.58. The van der Waals surface area contributed by atoms with E-state index in [9.17, 15) is 9.59 Å². The molecule has 0 aromatic heterocycles. The molecule has 0 atom stereocenters. The van der Waals surface area contributed by atoms with Crippen molar-refractivity contribution in [2.45, 2.75) is 38.9 Å². The van der Waals surface area contributed by atoms with E-state index in [-0.39, 0.29) is 25.2 Å². The molecule has 0 fully saturated rings. The molecule has 0 amide bonds. The van der Waals surface area contributed by atoms with E-state index >= 15 is 0 Å². The summed E-state index contributed by atoms with van der Waals surface area (Å²) in [5, 5.41) is 0. The van der Waals surface area contributed by atoms with E-state index in [2.05, 4.69) is 0 Å². The Balaban J connectivity index is 2.12. The molecule has 0 spiro atoms. The van der Waals surface area contributed by atoms with Gasteiger partial charge >= 0.3 is 11.9 Å². The third-order valence-corrected chi connectivity index (χ3v) is 2.91. The minimum atomic E-state index is -0.209. The summed E-state index contributed by atoms with van der Waals surface area (Å²) in [6, 6.07) is 7.51. The summed E-state index contributed by atoms with van der Waals surface area (Å²) in [7, 11) is 0. The number of cyclic esters (lactones) is 2. The molecule has 1 aliphatic rings. The third-order valence-electron chi connectivity index (χ3n) is 2.91. The largest absolute Gasteiger partial charge is 0.461 e. The van der Waals surface area contributed by atoms with Gasteiger partial charge < -0.3 is 9.47 Å².